The molecule has 6 heteroatoms. The molecule has 0 saturated carbocycles. The Morgan fingerprint density at radius 2 is 2.23 bits per heavy atom. The summed E-state index contributed by atoms with van der Waals surface area (Å²) < 4.78 is 0. The van der Waals surface area contributed by atoms with Gasteiger partial charge in [0.1, 0.15) is 0 Å². The fourth-order valence-electron chi connectivity index (χ4n) is 2.04. The lowest BCUT2D eigenvalue weighted by atomic mass is 10.1. The highest BCUT2D eigenvalue weighted by Gasteiger charge is 2.11. The summed E-state index contributed by atoms with van der Waals surface area (Å²) >= 11 is 9.28. The summed E-state index contributed by atoms with van der Waals surface area (Å²) in [6.07, 6.45) is 2.50. The van der Waals surface area contributed by atoms with E-state index >= 15 is 0 Å². The van der Waals surface area contributed by atoms with E-state index in [1.54, 1.807) is 12.3 Å². The number of hydrogen-bond acceptors (Lipinski definition) is 4. The fourth-order valence-corrected chi connectivity index (χ4v) is 3.70. The topological polar surface area (TPSA) is 42.0 Å². The van der Waals surface area contributed by atoms with Crippen LogP contribution in [-0.4, -0.2) is 10.9 Å². The zero-order valence-corrected chi connectivity index (χ0v) is 14.2. The number of benzene rings is 1. The molecule has 1 N–H and O–H groups in total. The maximum Gasteiger partial charge on any atom is 0.258 e. The molecule has 0 atom stereocenters. The van der Waals surface area contributed by atoms with Crippen molar-refractivity contribution in [3.05, 3.63) is 67.8 Å². The van der Waals surface area contributed by atoms with Gasteiger partial charge in [0.15, 0.2) is 5.13 Å². The van der Waals surface area contributed by atoms with Crippen LogP contribution in [-0.2, 0) is 6.42 Å². The molecule has 3 rings (SSSR count). The van der Waals surface area contributed by atoms with Crippen LogP contribution in [0, 0.1) is 6.92 Å². The molecule has 1 aromatic carbocycles. The Labute approximate surface area is 141 Å². The number of rotatable bonds is 4. The van der Waals surface area contributed by atoms with Gasteiger partial charge in [0.25, 0.3) is 5.91 Å². The van der Waals surface area contributed by atoms with Crippen LogP contribution in [0.5, 0.6) is 0 Å². The zero-order chi connectivity index (χ0) is 15.5. The third-order valence-corrected chi connectivity index (χ3v) is 5.33. The summed E-state index contributed by atoms with van der Waals surface area (Å²) in [4.78, 5) is 17.3. The summed E-state index contributed by atoms with van der Waals surface area (Å²) in [7, 11) is 0. The van der Waals surface area contributed by atoms with E-state index in [4.69, 9.17) is 11.6 Å². The molecule has 3 nitrogen and oxygen atoms in total. The van der Waals surface area contributed by atoms with Crippen molar-refractivity contribution in [3.63, 3.8) is 0 Å². The lowest BCUT2D eigenvalue weighted by Gasteiger charge is -2.04. The predicted octanol–water partition coefficient (Wildman–Crippen LogP) is 5.01. The number of hydrogen-bond donors (Lipinski definition) is 1. The quantitative estimate of drug-likeness (QED) is 0.720. The molecule has 0 fully saturated rings. The molecule has 0 unspecified atom stereocenters. The minimum Gasteiger partial charge on any atom is -0.298 e. The minimum atomic E-state index is -0.129. The van der Waals surface area contributed by atoms with Crippen molar-refractivity contribution in [1.29, 1.82) is 0 Å². The molecular weight excluding hydrogens is 336 g/mol. The number of halogens is 1. The smallest absolute Gasteiger partial charge is 0.258 e. The second-order valence-corrected chi connectivity index (χ2v) is 7.10. The van der Waals surface area contributed by atoms with Crippen LogP contribution in [0.4, 0.5) is 5.13 Å². The van der Waals surface area contributed by atoms with Gasteiger partial charge >= 0.3 is 0 Å². The van der Waals surface area contributed by atoms with Crippen molar-refractivity contribution in [2.45, 2.75) is 13.3 Å². The van der Waals surface area contributed by atoms with E-state index in [1.165, 1.54) is 22.7 Å². The lowest BCUT2D eigenvalue weighted by Crippen LogP contribution is -2.10. The van der Waals surface area contributed by atoms with Crippen molar-refractivity contribution < 1.29 is 4.79 Å². The van der Waals surface area contributed by atoms with Gasteiger partial charge in [-0.15, -0.1) is 11.3 Å². The van der Waals surface area contributed by atoms with Crippen molar-refractivity contribution in [3.8, 4) is 0 Å². The highest BCUT2D eigenvalue weighted by Crippen LogP contribution is 2.27. The summed E-state index contributed by atoms with van der Waals surface area (Å²) in [6, 6.07) is 7.79. The van der Waals surface area contributed by atoms with E-state index in [2.05, 4.69) is 10.3 Å². The first-order valence-electron chi connectivity index (χ1n) is 6.66. The zero-order valence-electron chi connectivity index (χ0n) is 11.8. The Morgan fingerprint density at radius 3 is 3.00 bits per heavy atom. The van der Waals surface area contributed by atoms with Crippen molar-refractivity contribution in [2.75, 3.05) is 5.32 Å². The molecule has 0 radical (unpaired) electrons. The number of nitrogens with zero attached hydrogens (tertiary/aromatic N) is 1. The first-order chi connectivity index (χ1) is 10.6. The first kappa shape index (κ1) is 15.2. The van der Waals surface area contributed by atoms with Gasteiger partial charge in [0.2, 0.25) is 0 Å². The van der Waals surface area contributed by atoms with Gasteiger partial charge in [-0.2, -0.15) is 11.3 Å². The van der Waals surface area contributed by atoms with E-state index in [0.717, 1.165) is 21.0 Å². The SMILES string of the molecule is Cc1cccc(Cc2cnc(NC(=O)c3ccsc3)s2)c1Cl. The molecule has 3 aromatic rings. The highest BCUT2D eigenvalue weighted by atomic mass is 35.5. The van der Waals surface area contributed by atoms with Crippen LogP contribution in [0.25, 0.3) is 0 Å². The number of carbonyl (C=O) groups excluding carboxylic acids is 1. The largest absolute Gasteiger partial charge is 0.298 e. The lowest BCUT2D eigenvalue weighted by molar-refractivity contribution is 0.102. The van der Waals surface area contributed by atoms with E-state index in [1.807, 2.05) is 35.9 Å². The van der Waals surface area contributed by atoms with Crippen molar-refractivity contribution in [2.24, 2.45) is 0 Å². The summed E-state index contributed by atoms with van der Waals surface area (Å²) in [5.74, 6) is -0.129. The van der Waals surface area contributed by atoms with E-state index in [0.29, 0.717) is 17.1 Å². The number of amides is 1. The second kappa shape index (κ2) is 6.60. The third kappa shape index (κ3) is 3.38. The van der Waals surface area contributed by atoms with Gasteiger partial charge in [0, 0.05) is 27.9 Å². The summed E-state index contributed by atoms with van der Waals surface area (Å²) in [5, 5.41) is 7.91. The number of anilines is 1. The number of aromatic nitrogens is 1. The maximum absolute atomic E-state index is 12.0. The standard InChI is InChI=1S/C16H13ClN2OS2/c1-10-3-2-4-11(14(10)17)7-13-8-18-16(22-13)19-15(20)12-5-6-21-9-12/h2-6,8-9H,7H2,1H3,(H,18,19,20). The molecule has 0 aliphatic heterocycles. The van der Waals surface area contributed by atoms with Gasteiger partial charge < -0.3 is 0 Å². The van der Waals surface area contributed by atoms with Crippen LogP contribution < -0.4 is 5.32 Å². The molecular formula is C16H13ClN2OS2. The van der Waals surface area contributed by atoms with Crippen LogP contribution in [0.3, 0.4) is 0 Å². The molecule has 0 bridgehead atoms. The molecule has 112 valence electrons. The highest BCUT2D eigenvalue weighted by molar-refractivity contribution is 7.15. The van der Waals surface area contributed by atoms with Crippen LogP contribution in [0.1, 0.15) is 26.4 Å². The molecule has 1 amide bonds. The maximum atomic E-state index is 12.0. The molecule has 2 heterocycles. The van der Waals surface area contributed by atoms with Crippen LogP contribution in [0.15, 0.2) is 41.2 Å². The Balaban J connectivity index is 1.71. The molecule has 0 saturated heterocycles. The molecule has 2 aromatic heterocycles. The Hall–Kier alpha value is -1.69. The first-order valence-corrected chi connectivity index (χ1v) is 8.79. The van der Waals surface area contributed by atoms with E-state index in [9.17, 15) is 4.79 Å². The van der Waals surface area contributed by atoms with Gasteiger partial charge in [-0.1, -0.05) is 29.8 Å². The average molecular weight is 349 g/mol. The number of carbonyl (C=O) groups is 1. The number of thiazole rings is 1. The monoisotopic (exact) mass is 348 g/mol. The van der Waals surface area contributed by atoms with Gasteiger partial charge in [-0.25, -0.2) is 4.98 Å². The normalized spacial score (nSPS) is 10.6. The Morgan fingerprint density at radius 1 is 1.36 bits per heavy atom. The second-order valence-electron chi connectivity index (χ2n) is 4.82. The summed E-state index contributed by atoms with van der Waals surface area (Å²) in [5.41, 5.74) is 2.79. The van der Waals surface area contributed by atoms with Gasteiger partial charge in [-0.05, 0) is 29.5 Å². The number of nitrogens with one attached hydrogen (secondary N) is 1. The van der Waals surface area contributed by atoms with Crippen molar-refractivity contribution >= 4 is 45.3 Å². The van der Waals surface area contributed by atoms with E-state index < -0.39 is 0 Å². The molecule has 22 heavy (non-hydrogen) atoms. The Bertz CT molecular complexity index is 796. The number of thiophene rings is 1. The molecule has 0 aliphatic rings. The summed E-state index contributed by atoms with van der Waals surface area (Å²) in [6.45, 7) is 1.99. The van der Waals surface area contributed by atoms with Gasteiger partial charge in [0.05, 0.1) is 5.56 Å². The molecule has 0 spiro atoms. The van der Waals surface area contributed by atoms with Crippen LogP contribution in [0.2, 0.25) is 5.02 Å². The Kier molecular flexibility index (Phi) is 4.57. The minimum absolute atomic E-state index is 0.129. The number of aryl methyl sites for hydroxylation is 1. The van der Waals surface area contributed by atoms with Crippen molar-refractivity contribution in [1.82, 2.24) is 4.98 Å². The third-order valence-electron chi connectivity index (χ3n) is 3.19. The van der Waals surface area contributed by atoms with Crippen LogP contribution >= 0.6 is 34.3 Å². The van der Waals surface area contributed by atoms with Gasteiger partial charge in [-0.3, -0.25) is 10.1 Å². The molecule has 0 aliphatic carbocycles. The van der Waals surface area contributed by atoms with E-state index in [-0.39, 0.29) is 5.91 Å². The predicted molar refractivity (Wildman–Crippen MR) is 93.4 cm³/mol. The average Bonchev–Trinajstić information content (AvgIpc) is 3.15. The fraction of sp³-hybridized carbons (Fsp3) is 0.125.